The Balaban J connectivity index is 1.57. The van der Waals surface area contributed by atoms with Gasteiger partial charge in [-0.05, 0) is 24.7 Å². The molecule has 1 saturated heterocycles. The molecule has 2 heterocycles. The Labute approximate surface area is 212 Å². The van der Waals surface area contributed by atoms with Gasteiger partial charge in [0, 0.05) is 55.9 Å². The molecular weight excluding hydrogens is 484 g/mol. The van der Waals surface area contributed by atoms with Gasteiger partial charge in [-0.3, -0.25) is 4.79 Å². The van der Waals surface area contributed by atoms with Crippen molar-refractivity contribution in [3.8, 4) is 22.6 Å². The van der Waals surface area contributed by atoms with Crippen LogP contribution in [0.4, 0.5) is 20.4 Å². The lowest BCUT2D eigenvalue weighted by Gasteiger charge is -2.32. The predicted octanol–water partition coefficient (Wildman–Crippen LogP) is 2.32. The highest BCUT2D eigenvalue weighted by atomic mass is 19.1. The first-order valence-corrected chi connectivity index (χ1v) is 11.4. The number of aromatic nitrogens is 2. The first-order chi connectivity index (χ1) is 17.7. The fourth-order valence-corrected chi connectivity index (χ4v) is 3.93. The maximum absolute atomic E-state index is 14.9. The Hall–Kier alpha value is -4.32. The molecule has 0 bridgehead atoms. The van der Waals surface area contributed by atoms with Crippen LogP contribution in [-0.4, -0.2) is 74.1 Å². The van der Waals surface area contributed by atoms with E-state index in [1.54, 1.807) is 0 Å². The zero-order chi connectivity index (χ0) is 26.7. The summed E-state index contributed by atoms with van der Waals surface area (Å²) < 4.78 is 39.7. The number of carbonyl (C=O) groups excluding carboxylic acids is 1. The standard InChI is InChI=1S/C25H27F2N7O3/c1-33-6-8-34(9-7-33)25-30-12-15(13-31-25)24(35)32-23(29)16-5-4-14(10-17(16)28)20-21(26)18(36-2)11-19(37-3)22(20)27/h4-5,10-13H,6-9,28H2,1-3H3,(H2,29,32,35). The molecule has 0 radical (unpaired) electrons. The van der Waals surface area contributed by atoms with Gasteiger partial charge >= 0.3 is 0 Å². The number of methoxy groups -OCH3 is 2. The lowest BCUT2D eigenvalue weighted by molar-refractivity contribution is 0.100. The molecule has 37 heavy (non-hydrogen) atoms. The van der Waals surface area contributed by atoms with E-state index in [4.69, 9.17) is 20.9 Å². The van der Waals surface area contributed by atoms with Crippen LogP contribution in [0.3, 0.4) is 0 Å². The van der Waals surface area contributed by atoms with Gasteiger partial charge in [0.05, 0.1) is 25.3 Å². The van der Waals surface area contributed by atoms with Crippen molar-refractivity contribution in [1.82, 2.24) is 14.9 Å². The van der Waals surface area contributed by atoms with E-state index in [9.17, 15) is 13.6 Å². The SMILES string of the molecule is COc1cc(OC)c(F)c(-c2ccc(C(N)=NC(=O)c3cnc(N4CCN(C)CC4)nc3)c(N)c2)c1F. The molecule has 1 aliphatic heterocycles. The van der Waals surface area contributed by atoms with Crippen LogP contribution in [-0.2, 0) is 0 Å². The van der Waals surface area contributed by atoms with E-state index in [-0.39, 0.29) is 45.3 Å². The molecule has 12 heteroatoms. The number of carbonyl (C=O) groups is 1. The number of benzene rings is 2. The number of piperazine rings is 1. The summed E-state index contributed by atoms with van der Waals surface area (Å²) in [6.07, 6.45) is 2.79. The summed E-state index contributed by atoms with van der Waals surface area (Å²) in [5.41, 5.74) is 12.3. The molecule has 0 atom stereocenters. The quantitative estimate of drug-likeness (QED) is 0.291. The number of nitrogens with two attached hydrogens (primary N) is 2. The van der Waals surface area contributed by atoms with Crippen LogP contribution in [0.1, 0.15) is 15.9 Å². The van der Waals surface area contributed by atoms with E-state index < -0.39 is 17.5 Å². The molecule has 1 aliphatic rings. The first-order valence-electron chi connectivity index (χ1n) is 11.4. The largest absolute Gasteiger partial charge is 0.494 e. The third-order valence-electron chi connectivity index (χ3n) is 6.08. The molecule has 1 amide bonds. The van der Waals surface area contributed by atoms with E-state index >= 15 is 0 Å². The average Bonchev–Trinajstić information content (AvgIpc) is 2.89. The summed E-state index contributed by atoms with van der Waals surface area (Å²) in [7, 11) is 4.57. The number of amides is 1. The van der Waals surface area contributed by atoms with Crippen molar-refractivity contribution in [1.29, 1.82) is 0 Å². The summed E-state index contributed by atoms with van der Waals surface area (Å²) in [6, 6.07) is 5.28. The molecule has 2 aromatic carbocycles. The molecule has 0 saturated carbocycles. The van der Waals surface area contributed by atoms with Crippen molar-refractivity contribution < 1.29 is 23.0 Å². The van der Waals surface area contributed by atoms with Crippen molar-refractivity contribution in [2.45, 2.75) is 0 Å². The third-order valence-corrected chi connectivity index (χ3v) is 6.08. The van der Waals surface area contributed by atoms with Crippen LogP contribution in [0.2, 0.25) is 0 Å². The van der Waals surface area contributed by atoms with Gasteiger partial charge in [0.15, 0.2) is 23.1 Å². The first kappa shape index (κ1) is 25.8. The average molecular weight is 512 g/mol. The second kappa shape index (κ2) is 10.7. The maximum Gasteiger partial charge on any atom is 0.282 e. The van der Waals surface area contributed by atoms with E-state index in [1.807, 2.05) is 4.90 Å². The lowest BCUT2D eigenvalue weighted by atomic mass is 10.00. The molecule has 0 unspecified atom stereocenters. The molecule has 3 aromatic rings. The molecule has 1 fully saturated rings. The van der Waals surface area contributed by atoms with Crippen molar-refractivity contribution in [3.05, 3.63) is 59.4 Å². The fraction of sp³-hybridized carbons (Fsp3) is 0.280. The minimum atomic E-state index is -0.912. The molecule has 0 aliphatic carbocycles. The van der Waals surface area contributed by atoms with E-state index in [2.05, 4.69) is 26.9 Å². The zero-order valence-electron chi connectivity index (χ0n) is 20.7. The number of likely N-dealkylation sites (N-methyl/N-ethyl adjacent to an activating group) is 1. The van der Waals surface area contributed by atoms with Gasteiger partial charge in [-0.25, -0.2) is 18.7 Å². The summed E-state index contributed by atoms with van der Waals surface area (Å²) in [5, 5.41) is 0. The molecule has 194 valence electrons. The second-order valence-corrected chi connectivity index (χ2v) is 8.45. The summed E-state index contributed by atoms with van der Waals surface area (Å²) in [5.74, 6) is -2.49. The number of halogens is 2. The minimum absolute atomic E-state index is 0.0637. The van der Waals surface area contributed by atoms with Gasteiger partial charge in [0.2, 0.25) is 5.95 Å². The minimum Gasteiger partial charge on any atom is -0.494 e. The zero-order valence-corrected chi connectivity index (χ0v) is 20.7. The number of hydrogen-bond acceptors (Lipinski definition) is 8. The number of amidine groups is 1. The molecule has 10 nitrogen and oxygen atoms in total. The Morgan fingerprint density at radius 2 is 1.59 bits per heavy atom. The van der Waals surface area contributed by atoms with Crippen molar-refractivity contribution >= 4 is 23.4 Å². The van der Waals surface area contributed by atoms with Gasteiger partial charge in [-0.15, -0.1) is 0 Å². The summed E-state index contributed by atoms with van der Waals surface area (Å²) in [4.78, 5) is 29.4. The van der Waals surface area contributed by atoms with Gasteiger partial charge in [0.25, 0.3) is 5.91 Å². The smallest absolute Gasteiger partial charge is 0.282 e. The van der Waals surface area contributed by atoms with Crippen LogP contribution < -0.4 is 25.8 Å². The molecule has 0 spiro atoms. The number of rotatable bonds is 6. The normalized spacial score (nSPS) is 14.5. The van der Waals surface area contributed by atoms with Gasteiger partial charge < -0.3 is 30.7 Å². The van der Waals surface area contributed by atoms with Crippen LogP contribution in [0, 0.1) is 11.6 Å². The van der Waals surface area contributed by atoms with Crippen LogP contribution in [0.25, 0.3) is 11.1 Å². The number of nitrogens with zero attached hydrogens (tertiary/aromatic N) is 5. The maximum atomic E-state index is 14.9. The predicted molar refractivity (Wildman–Crippen MR) is 136 cm³/mol. The van der Waals surface area contributed by atoms with Gasteiger partial charge in [0.1, 0.15) is 5.84 Å². The second-order valence-electron chi connectivity index (χ2n) is 8.45. The molecule has 4 rings (SSSR count). The molecule has 4 N–H and O–H groups in total. The van der Waals surface area contributed by atoms with E-state index in [0.717, 1.165) is 32.2 Å². The van der Waals surface area contributed by atoms with E-state index in [1.165, 1.54) is 44.8 Å². The van der Waals surface area contributed by atoms with Gasteiger partial charge in [-0.1, -0.05) is 6.07 Å². The number of nitrogen functional groups attached to an aromatic ring is 1. The Morgan fingerprint density at radius 3 is 2.14 bits per heavy atom. The number of ether oxygens (including phenoxy) is 2. The number of aliphatic imine (C=N–C) groups is 1. The Morgan fingerprint density at radius 1 is 1.00 bits per heavy atom. The highest BCUT2D eigenvalue weighted by Crippen LogP contribution is 2.38. The monoisotopic (exact) mass is 511 g/mol. The van der Waals surface area contributed by atoms with Crippen LogP contribution >= 0.6 is 0 Å². The van der Waals surface area contributed by atoms with Crippen molar-refractivity contribution in [2.75, 3.05) is 58.1 Å². The number of anilines is 2. The molecule has 1 aromatic heterocycles. The number of hydrogen-bond donors (Lipinski definition) is 2. The highest BCUT2D eigenvalue weighted by molar-refractivity contribution is 6.11. The van der Waals surface area contributed by atoms with E-state index in [0.29, 0.717) is 5.95 Å². The summed E-state index contributed by atoms with van der Waals surface area (Å²) in [6.45, 7) is 3.38. The van der Waals surface area contributed by atoms with Gasteiger partial charge in [-0.2, -0.15) is 4.99 Å². The van der Waals surface area contributed by atoms with Crippen molar-refractivity contribution in [2.24, 2.45) is 10.7 Å². The topological polar surface area (TPSA) is 132 Å². The summed E-state index contributed by atoms with van der Waals surface area (Å²) >= 11 is 0. The molecular formula is C25H27F2N7O3. The third kappa shape index (κ3) is 5.28. The highest BCUT2D eigenvalue weighted by Gasteiger charge is 2.22. The Bertz CT molecular complexity index is 1310. The van der Waals surface area contributed by atoms with Crippen molar-refractivity contribution in [3.63, 3.8) is 0 Å². The Kier molecular flexibility index (Phi) is 7.48. The van der Waals surface area contributed by atoms with Crippen LogP contribution in [0.15, 0.2) is 41.7 Å². The van der Waals surface area contributed by atoms with Crippen LogP contribution in [0.5, 0.6) is 11.5 Å². The fourth-order valence-electron chi connectivity index (χ4n) is 3.93. The lowest BCUT2D eigenvalue weighted by Crippen LogP contribution is -2.45.